The number of nitrogens with zero attached hydrogens (tertiary/aromatic N) is 2. The summed E-state index contributed by atoms with van der Waals surface area (Å²) in [6, 6.07) is 3.78. The molecule has 9 nitrogen and oxygen atoms in total. The molecule has 10 heteroatoms. The van der Waals surface area contributed by atoms with Gasteiger partial charge in [0.05, 0.1) is 29.2 Å². The number of rotatable bonds is 6. The molecule has 3 aliphatic rings. The maximum atomic E-state index is 13.0. The number of benzene rings is 1. The van der Waals surface area contributed by atoms with Gasteiger partial charge in [0, 0.05) is 31.4 Å². The number of imide groups is 1. The van der Waals surface area contributed by atoms with Crippen molar-refractivity contribution >= 4 is 33.4 Å². The van der Waals surface area contributed by atoms with Crippen molar-refractivity contribution in [2.45, 2.75) is 50.6 Å². The Labute approximate surface area is 188 Å². The van der Waals surface area contributed by atoms with Crippen molar-refractivity contribution in [3.05, 3.63) is 29.3 Å². The number of fused-ring (bicyclic) bond motifs is 1. The van der Waals surface area contributed by atoms with Gasteiger partial charge in [-0.15, -0.1) is 0 Å². The molecule has 1 saturated heterocycles. The summed E-state index contributed by atoms with van der Waals surface area (Å²) in [4.78, 5) is 41.7. The minimum atomic E-state index is -3.16. The molecule has 1 N–H and O–H groups in total. The van der Waals surface area contributed by atoms with Gasteiger partial charge < -0.3 is 15.0 Å². The van der Waals surface area contributed by atoms with E-state index in [2.05, 4.69) is 5.32 Å². The van der Waals surface area contributed by atoms with Crippen molar-refractivity contribution < 1.29 is 27.5 Å². The molecule has 0 aromatic heterocycles. The molecule has 0 bridgehead atoms. The van der Waals surface area contributed by atoms with Crippen molar-refractivity contribution in [1.29, 1.82) is 0 Å². The number of nitrogens with one attached hydrogen (secondary N) is 1. The molecule has 1 aromatic rings. The fourth-order valence-corrected chi connectivity index (χ4v) is 6.59. The summed E-state index contributed by atoms with van der Waals surface area (Å²) in [6.45, 7) is 0.526. The van der Waals surface area contributed by atoms with Gasteiger partial charge >= 0.3 is 6.03 Å². The SMILES string of the molecule is COCCN(C(=O)Nc1ccc2c(c1)C(=O)N(C1CCCCC1)C2=O)C1CCS(=O)(=O)C1. The van der Waals surface area contributed by atoms with E-state index in [9.17, 15) is 22.8 Å². The van der Waals surface area contributed by atoms with Crippen LogP contribution in [0.4, 0.5) is 10.5 Å². The fourth-order valence-electron chi connectivity index (χ4n) is 4.86. The van der Waals surface area contributed by atoms with Crippen molar-refractivity contribution in [2.75, 3.05) is 37.1 Å². The fraction of sp³-hybridized carbons (Fsp3) is 0.591. The van der Waals surface area contributed by atoms with Gasteiger partial charge in [-0.3, -0.25) is 14.5 Å². The summed E-state index contributed by atoms with van der Waals surface area (Å²) >= 11 is 0. The first-order chi connectivity index (χ1) is 15.3. The quantitative estimate of drug-likeness (QED) is 0.648. The van der Waals surface area contributed by atoms with Crippen LogP contribution in [0.25, 0.3) is 0 Å². The molecule has 32 heavy (non-hydrogen) atoms. The van der Waals surface area contributed by atoms with Crippen LogP contribution in [0.5, 0.6) is 0 Å². The third-order valence-electron chi connectivity index (χ3n) is 6.56. The number of hydrogen-bond acceptors (Lipinski definition) is 6. The monoisotopic (exact) mass is 463 g/mol. The van der Waals surface area contributed by atoms with E-state index in [0.717, 1.165) is 32.1 Å². The van der Waals surface area contributed by atoms with Gasteiger partial charge in [0.15, 0.2) is 9.84 Å². The van der Waals surface area contributed by atoms with Crippen LogP contribution in [0.2, 0.25) is 0 Å². The molecular weight excluding hydrogens is 434 g/mol. The predicted molar refractivity (Wildman–Crippen MR) is 118 cm³/mol. The highest BCUT2D eigenvalue weighted by atomic mass is 32.2. The maximum absolute atomic E-state index is 13.0. The summed E-state index contributed by atoms with van der Waals surface area (Å²) in [5.41, 5.74) is 1.05. The summed E-state index contributed by atoms with van der Waals surface area (Å²) in [5.74, 6) is -0.600. The molecule has 1 aliphatic carbocycles. The Morgan fingerprint density at radius 2 is 1.84 bits per heavy atom. The van der Waals surface area contributed by atoms with Crippen LogP contribution in [-0.4, -0.2) is 79.9 Å². The zero-order valence-corrected chi connectivity index (χ0v) is 19.0. The Morgan fingerprint density at radius 1 is 1.12 bits per heavy atom. The van der Waals surface area contributed by atoms with Gasteiger partial charge in [0.25, 0.3) is 11.8 Å². The number of sulfone groups is 1. The Bertz CT molecular complexity index is 1020. The molecule has 1 atom stereocenters. The maximum Gasteiger partial charge on any atom is 0.322 e. The van der Waals surface area contributed by atoms with E-state index in [-0.39, 0.29) is 42.5 Å². The van der Waals surface area contributed by atoms with Gasteiger partial charge in [0.1, 0.15) is 0 Å². The van der Waals surface area contributed by atoms with E-state index in [1.54, 1.807) is 12.1 Å². The average Bonchev–Trinajstić information content (AvgIpc) is 3.25. The standard InChI is InChI=1S/C22H29N3O6S/c1-31-11-10-24(17-9-12-32(29,30)14-17)22(28)23-15-7-8-18-19(13-15)21(27)25(20(18)26)16-5-3-2-4-6-16/h7-8,13,16-17H,2-6,9-12,14H2,1H3,(H,23,28). The van der Waals surface area contributed by atoms with Crippen LogP contribution < -0.4 is 5.32 Å². The minimum Gasteiger partial charge on any atom is -0.383 e. The summed E-state index contributed by atoms with van der Waals surface area (Å²) < 4.78 is 28.9. The highest BCUT2D eigenvalue weighted by Gasteiger charge is 2.40. The highest BCUT2D eigenvalue weighted by molar-refractivity contribution is 7.91. The number of anilines is 1. The molecule has 2 aliphatic heterocycles. The second-order valence-electron chi connectivity index (χ2n) is 8.71. The smallest absolute Gasteiger partial charge is 0.322 e. The van der Waals surface area contributed by atoms with E-state index < -0.39 is 21.9 Å². The summed E-state index contributed by atoms with van der Waals surface area (Å²) in [7, 11) is -1.64. The van der Waals surface area contributed by atoms with Crippen LogP contribution in [0, 0.1) is 0 Å². The van der Waals surface area contributed by atoms with E-state index in [1.807, 2.05) is 0 Å². The van der Waals surface area contributed by atoms with E-state index in [0.29, 0.717) is 23.2 Å². The van der Waals surface area contributed by atoms with Crippen molar-refractivity contribution in [1.82, 2.24) is 9.80 Å². The molecule has 0 spiro atoms. The highest BCUT2D eigenvalue weighted by Crippen LogP contribution is 2.32. The Balaban J connectivity index is 1.50. The van der Waals surface area contributed by atoms with Crippen LogP contribution in [-0.2, 0) is 14.6 Å². The van der Waals surface area contributed by atoms with Crippen LogP contribution >= 0.6 is 0 Å². The molecule has 4 amide bonds. The first kappa shape index (κ1) is 22.7. The molecule has 1 unspecified atom stereocenters. The number of urea groups is 1. The van der Waals surface area contributed by atoms with E-state index >= 15 is 0 Å². The lowest BCUT2D eigenvalue weighted by Gasteiger charge is -2.29. The molecule has 174 valence electrons. The Morgan fingerprint density at radius 3 is 2.50 bits per heavy atom. The molecule has 2 fully saturated rings. The third-order valence-corrected chi connectivity index (χ3v) is 8.31. The van der Waals surface area contributed by atoms with E-state index in [4.69, 9.17) is 4.74 Å². The van der Waals surface area contributed by atoms with Crippen LogP contribution in [0.3, 0.4) is 0 Å². The largest absolute Gasteiger partial charge is 0.383 e. The van der Waals surface area contributed by atoms with Crippen molar-refractivity contribution in [3.8, 4) is 0 Å². The Hall–Kier alpha value is -2.46. The second-order valence-corrected chi connectivity index (χ2v) is 10.9. The van der Waals surface area contributed by atoms with Crippen LogP contribution in [0.1, 0.15) is 59.2 Å². The molecule has 2 heterocycles. The predicted octanol–water partition coefficient (Wildman–Crippen LogP) is 2.28. The summed E-state index contributed by atoms with van der Waals surface area (Å²) in [6.07, 6.45) is 5.17. The Kier molecular flexibility index (Phi) is 6.52. The first-order valence-corrected chi connectivity index (χ1v) is 12.9. The zero-order valence-electron chi connectivity index (χ0n) is 18.2. The number of ether oxygens (including phenoxy) is 1. The lowest BCUT2D eigenvalue weighted by atomic mass is 9.94. The minimum absolute atomic E-state index is 0.0564. The second kappa shape index (κ2) is 9.19. The molecule has 1 aromatic carbocycles. The number of amides is 4. The van der Waals surface area contributed by atoms with Gasteiger partial charge in [0.2, 0.25) is 0 Å². The van der Waals surface area contributed by atoms with E-state index in [1.165, 1.54) is 23.0 Å². The van der Waals surface area contributed by atoms with Crippen molar-refractivity contribution in [3.63, 3.8) is 0 Å². The zero-order chi connectivity index (χ0) is 22.9. The number of methoxy groups -OCH3 is 1. The third kappa shape index (κ3) is 4.52. The average molecular weight is 464 g/mol. The molecule has 4 rings (SSSR count). The first-order valence-electron chi connectivity index (χ1n) is 11.1. The summed E-state index contributed by atoms with van der Waals surface area (Å²) in [5, 5.41) is 2.77. The lowest BCUT2D eigenvalue weighted by molar-refractivity contribution is 0.0549. The van der Waals surface area contributed by atoms with Gasteiger partial charge in [-0.05, 0) is 37.5 Å². The number of carbonyl (C=O) groups is 3. The normalized spacial score (nSPS) is 22.8. The van der Waals surface area contributed by atoms with Crippen LogP contribution in [0.15, 0.2) is 18.2 Å². The van der Waals surface area contributed by atoms with Crippen molar-refractivity contribution in [2.24, 2.45) is 0 Å². The number of carbonyl (C=O) groups excluding carboxylic acids is 3. The molecule has 1 saturated carbocycles. The molecular formula is C22H29N3O6S. The van der Waals surface area contributed by atoms with Gasteiger partial charge in [-0.2, -0.15) is 0 Å². The van der Waals surface area contributed by atoms with Gasteiger partial charge in [-0.1, -0.05) is 19.3 Å². The number of hydrogen-bond donors (Lipinski definition) is 1. The molecule has 0 radical (unpaired) electrons. The van der Waals surface area contributed by atoms with Gasteiger partial charge in [-0.25, -0.2) is 13.2 Å². The lowest BCUT2D eigenvalue weighted by Crippen LogP contribution is -2.45. The topological polar surface area (TPSA) is 113 Å².